The monoisotopic (exact) mass is 606 g/mol. The molecule has 0 saturated carbocycles. The summed E-state index contributed by atoms with van der Waals surface area (Å²) in [5, 5.41) is 3.60. The number of rotatable bonds is 9. The lowest BCUT2D eigenvalue weighted by Gasteiger charge is -2.37. The Morgan fingerprint density at radius 1 is 0.930 bits per heavy atom. The number of aromatic nitrogens is 3. The molecule has 0 radical (unpaired) electrons. The molecule has 0 spiro atoms. The number of alkyl halides is 3. The van der Waals surface area contributed by atoms with Gasteiger partial charge in [0.05, 0.1) is 5.56 Å². The Morgan fingerprint density at radius 3 is 2.37 bits per heavy atom. The minimum Gasteiger partial charge on any atom is -0.368 e. The highest BCUT2D eigenvalue weighted by Gasteiger charge is 2.31. The third-order valence-corrected chi connectivity index (χ3v) is 8.36. The number of carbonyl (C=O) groups excluding carboxylic acids is 1. The van der Waals surface area contributed by atoms with Crippen molar-refractivity contribution in [3.05, 3.63) is 107 Å². The zero-order chi connectivity index (χ0) is 30.4. The summed E-state index contributed by atoms with van der Waals surface area (Å²) in [7, 11) is 0. The number of carbonyl (C=O) groups is 1. The first kappa shape index (κ1) is 30.3. The van der Waals surface area contributed by atoms with Crippen molar-refractivity contribution in [3.63, 3.8) is 0 Å². The van der Waals surface area contributed by atoms with Gasteiger partial charge in [-0.05, 0) is 61.9 Å². The van der Waals surface area contributed by atoms with Gasteiger partial charge in [0, 0.05) is 79.3 Å². The second kappa shape index (κ2) is 13.5. The summed E-state index contributed by atoms with van der Waals surface area (Å²) in [5.41, 5.74) is 4.42. The highest BCUT2D eigenvalue weighted by atomic mass is 32.2. The fraction of sp³-hybridized carbons (Fsp3) is 0.312. The van der Waals surface area contributed by atoms with E-state index >= 15 is 0 Å². The molecule has 1 N–H and O–H groups in total. The Labute approximate surface area is 253 Å². The molecular weight excluding hydrogens is 573 g/mol. The van der Waals surface area contributed by atoms with Crippen molar-refractivity contribution in [1.29, 1.82) is 0 Å². The molecule has 1 amide bonds. The number of piperazine rings is 1. The number of anilines is 2. The van der Waals surface area contributed by atoms with Crippen LogP contribution >= 0.6 is 11.8 Å². The maximum atomic E-state index is 13.2. The summed E-state index contributed by atoms with van der Waals surface area (Å²) in [6, 6.07) is 18.8. The van der Waals surface area contributed by atoms with E-state index in [9.17, 15) is 18.0 Å². The molecule has 0 unspecified atom stereocenters. The van der Waals surface area contributed by atoms with Gasteiger partial charge in [0.15, 0.2) is 5.16 Å². The Balaban J connectivity index is 1.16. The molecule has 1 aliphatic rings. The maximum absolute atomic E-state index is 13.2. The van der Waals surface area contributed by atoms with Crippen molar-refractivity contribution in [1.82, 2.24) is 20.3 Å². The van der Waals surface area contributed by atoms with Gasteiger partial charge in [-0.3, -0.25) is 9.78 Å². The summed E-state index contributed by atoms with van der Waals surface area (Å²) >= 11 is 1.53. The fourth-order valence-corrected chi connectivity index (χ4v) is 5.71. The molecule has 0 bridgehead atoms. The molecule has 224 valence electrons. The number of nitrogens with one attached hydrogen (secondary N) is 1. The first-order valence-corrected chi connectivity index (χ1v) is 15.1. The predicted molar refractivity (Wildman–Crippen MR) is 164 cm³/mol. The highest BCUT2D eigenvalue weighted by molar-refractivity contribution is 7.98. The van der Waals surface area contributed by atoms with Crippen LogP contribution in [-0.4, -0.2) is 53.6 Å². The van der Waals surface area contributed by atoms with E-state index in [-0.39, 0.29) is 5.91 Å². The lowest BCUT2D eigenvalue weighted by atomic mass is 10.1. The van der Waals surface area contributed by atoms with E-state index in [1.807, 2.05) is 61.2 Å². The molecule has 43 heavy (non-hydrogen) atoms. The SMILES string of the molecule is Cc1nc(SCc2ccc(C(=O)NCCc3ccccn3)cc2)nc(N2CCN(c3cccc(C(F)(F)F)c3)CC2)c1C. The van der Waals surface area contributed by atoms with Crippen LogP contribution in [0.25, 0.3) is 0 Å². The summed E-state index contributed by atoms with van der Waals surface area (Å²) in [6.07, 6.45) is -1.95. The minimum absolute atomic E-state index is 0.120. The summed E-state index contributed by atoms with van der Waals surface area (Å²) in [5.74, 6) is 1.38. The number of hydrogen-bond acceptors (Lipinski definition) is 7. The van der Waals surface area contributed by atoms with Crippen molar-refractivity contribution >= 4 is 29.2 Å². The van der Waals surface area contributed by atoms with Crippen molar-refractivity contribution in [2.45, 2.75) is 37.4 Å². The molecule has 1 fully saturated rings. The van der Waals surface area contributed by atoms with E-state index in [2.05, 4.69) is 20.2 Å². The number of hydrogen-bond donors (Lipinski definition) is 1. The molecular formula is C32H33F3N6OS. The van der Waals surface area contributed by atoms with E-state index < -0.39 is 11.7 Å². The molecule has 0 aliphatic carbocycles. The van der Waals surface area contributed by atoms with Gasteiger partial charge in [-0.2, -0.15) is 13.2 Å². The first-order valence-electron chi connectivity index (χ1n) is 14.1. The van der Waals surface area contributed by atoms with Crippen LogP contribution in [0.3, 0.4) is 0 Å². The predicted octanol–water partition coefficient (Wildman–Crippen LogP) is 6.10. The van der Waals surface area contributed by atoms with E-state index in [1.54, 1.807) is 12.3 Å². The topological polar surface area (TPSA) is 74.2 Å². The molecule has 0 atom stereocenters. The summed E-state index contributed by atoms with van der Waals surface area (Å²) < 4.78 is 39.6. The van der Waals surface area contributed by atoms with Gasteiger partial charge in [0.2, 0.25) is 0 Å². The van der Waals surface area contributed by atoms with E-state index in [0.29, 0.717) is 61.3 Å². The van der Waals surface area contributed by atoms with Crippen LogP contribution in [0.1, 0.15) is 38.4 Å². The second-order valence-electron chi connectivity index (χ2n) is 10.4. The first-order chi connectivity index (χ1) is 20.7. The fourth-order valence-electron chi connectivity index (χ4n) is 4.87. The Morgan fingerprint density at radius 2 is 1.67 bits per heavy atom. The average molecular weight is 607 g/mol. The van der Waals surface area contributed by atoms with Gasteiger partial charge in [-0.15, -0.1) is 0 Å². The van der Waals surface area contributed by atoms with E-state index in [4.69, 9.17) is 4.98 Å². The largest absolute Gasteiger partial charge is 0.416 e. The normalized spacial score (nSPS) is 13.7. The number of amides is 1. The van der Waals surface area contributed by atoms with Crippen molar-refractivity contribution < 1.29 is 18.0 Å². The van der Waals surface area contributed by atoms with Crippen LogP contribution in [0.5, 0.6) is 0 Å². The molecule has 5 rings (SSSR count). The number of nitrogens with zero attached hydrogens (tertiary/aromatic N) is 5. The van der Waals surface area contributed by atoms with Crippen molar-refractivity contribution in [3.8, 4) is 0 Å². The quantitative estimate of drug-likeness (QED) is 0.182. The molecule has 7 nitrogen and oxygen atoms in total. The molecule has 2 aromatic heterocycles. The minimum atomic E-state index is -4.36. The number of thioether (sulfide) groups is 1. The molecule has 1 aliphatic heterocycles. The number of benzene rings is 2. The van der Waals surface area contributed by atoms with Crippen LogP contribution in [0, 0.1) is 13.8 Å². The van der Waals surface area contributed by atoms with Crippen molar-refractivity contribution in [2.75, 3.05) is 42.5 Å². The number of halogens is 3. The van der Waals surface area contributed by atoms with Crippen LogP contribution in [-0.2, 0) is 18.3 Å². The van der Waals surface area contributed by atoms with Crippen LogP contribution in [0.4, 0.5) is 24.7 Å². The summed E-state index contributed by atoms with van der Waals surface area (Å²) in [6.45, 7) is 6.94. The van der Waals surface area contributed by atoms with Gasteiger partial charge in [0.1, 0.15) is 5.82 Å². The Bertz CT molecular complexity index is 1540. The smallest absolute Gasteiger partial charge is 0.368 e. The molecule has 11 heteroatoms. The van der Waals surface area contributed by atoms with Gasteiger partial charge in [-0.25, -0.2) is 9.97 Å². The Kier molecular flexibility index (Phi) is 9.49. The van der Waals surface area contributed by atoms with Gasteiger partial charge in [0.25, 0.3) is 5.91 Å². The third-order valence-electron chi connectivity index (χ3n) is 7.44. The summed E-state index contributed by atoms with van der Waals surface area (Å²) in [4.78, 5) is 30.5. The number of pyridine rings is 1. The molecule has 1 saturated heterocycles. The molecule has 4 aromatic rings. The maximum Gasteiger partial charge on any atom is 0.416 e. The van der Waals surface area contributed by atoms with Crippen LogP contribution < -0.4 is 15.1 Å². The van der Waals surface area contributed by atoms with Crippen molar-refractivity contribution in [2.24, 2.45) is 0 Å². The second-order valence-corrected chi connectivity index (χ2v) is 11.3. The van der Waals surface area contributed by atoms with E-state index in [1.165, 1.54) is 23.9 Å². The zero-order valence-corrected chi connectivity index (χ0v) is 24.9. The Hall–Kier alpha value is -4.12. The zero-order valence-electron chi connectivity index (χ0n) is 24.1. The molecule has 2 aromatic carbocycles. The lowest BCUT2D eigenvalue weighted by molar-refractivity contribution is -0.137. The third kappa shape index (κ3) is 7.84. The van der Waals surface area contributed by atoms with Gasteiger partial charge < -0.3 is 15.1 Å². The van der Waals surface area contributed by atoms with Gasteiger partial charge in [-0.1, -0.05) is 36.0 Å². The van der Waals surface area contributed by atoms with Gasteiger partial charge >= 0.3 is 6.18 Å². The molecule has 3 heterocycles. The standard InChI is InChI=1S/C32H33F3N6OS/c1-22-23(2)38-31(39-29(22)41-18-16-40(17-19-41)28-8-5-6-26(20-28)32(33,34)35)43-21-24-9-11-25(12-10-24)30(42)37-15-13-27-7-3-4-14-36-27/h3-12,14,20H,13,15-19,21H2,1-2H3,(H,37,42). The number of aryl methyl sites for hydroxylation is 1. The lowest BCUT2D eigenvalue weighted by Crippen LogP contribution is -2.47. The van der Waals surface area contributed by atoms with Crippen LogP contribution in [0.2, 0.25) is 0 Å². The van der Waals surface area contributed by atoms with Crippen LogP contribution in [0.15, 0.2) is 78.1 Å². The average Bonchev–Trinajstić information content (AvgIpc) is 3.02. The highest BCUT2D eigenvalue weighted by Crippen LogP contribution is 2.32. The van der Waals surface area contributed by atoms with E-state index in [0.717, 1.165) is 34.4 Å².